The zero-order chi connectivity index (χ0) is 16.6. The van der Waals surface area contributed by atoms with E-state index in [-0.39, 0.29) is 12.6 Å². The first-order chi connectivity index (χ1) is 10.3. The third-order valence-electron chi connectivity index (χ3n) is 2.67. The number of amides is 3. The molecule has 0 saturated heterocycles. The number of anilines is 1. The highest BCUT2D eigenvalue weighted by Gasteiger charge is 2.23. The van der Waals surface area contributed by atoms with E-state index in [0.717, 1.165) is 6.42 Å². The Balaban J connectivity index is 2.40. The quantitative estimate of drug-likeness (QED) is 0.749. The van der Waals surface area contributed by atoms with E-state index in [0.29, 0.717) is 17.3 Å². The maximum Gasteiger partial charge on any atom is 0.412 e. The van der Waals surface area contributed by atoms with E-state index < -0.39 is 11.7 Å². The van der Waals surface area contributed by atoms with Gasteiger partial charge in [-0.2, -0.15) is 0 Å². The molecule has 0 atom stereocenters. The average molecular weight is 328 g/mol. The average Bonchev–Trinajstić information content (AvgIpc) is 2.45. The Morgan fingerprint density at radius 3 is 2.41 bits per heavy atom. The molecule has 0 aliphatic rings. The number of carbonyl (C=O) groups excluding carboxylic acids is 2. The summed E-state index contributed by atoms with van der Waals surface area (Å²) in [6.07, 6.45) is 0.264. The van der Waals surface area contributed by atoms with E-state index in [4.69, 9.17) is 16.3 Å². The minimum atomic E-state index is -0.833. The number of hydrogen-bond acceptors (Lipinski definition) is 3. The summed E-state index contributed by atoms with van der Waals surface area (Å²) >= 11 is 5.77. The van der Waals surface area contributed by atoms with Crippen LogP contribution in [0.15, 0.2) is 24.3 Å². The van der Waals surface area contributed by atoms with Crippen LogP contribution in [0.3, 0.4) is 0 Å². The molecule has 122 valence electrons. The number of benzene rings is 1. The molecule has 6 nitrogen and oxygen atoms in total. The third kappa shape index (κ3) is 7.17. The predicted molar refractivity (Wildman–Crippen MR) is 87.3 cm³/mol. The summed E-state index contributed by atoms with van der Waals surface area (Å²) in [4.78, 5) is 23.3. The zero-order valence-corrected chi connectivity index (χ0v) is 13.8. The summed E-state index contributed by atoms with van der Waals surface area (Å²) in [6, 6.07) is 6.40. The topological polar surface area (TPSA) is 79.5 Å². The van der Waals surface area contributed by atoms with Gasteiger partial charge in [0.1, 0.15) is 5.60 Å². The molecule has 1 aromatic rings. The van der Waals surface area contributed by atoms with Gasteiger partial charge in [0.05, 0.1) is 6.54 Å². The molecule has 3 amide bonds. The van der Waals surface area contributed by atoms with E-state index in [2.05, 4.69) is 16.0 Å². The van der Waals surface area contributed by atoms with Crippen molar-refractivity contribution in [2.75, 3.05) is 18.4 Å². The van der Waals surface area contributed by atoms with Crippen molar-refractivity contribution >= 4 is 29.4 Å². The maximum atomic E-state index is 11.8. The lowest BCUT2D eigenvalue weighted by Gasteiger charge is -2.25. The maximum absolute atomic E-state index is 11.8. The lowest BCUT2D eigenvalue weighted by Crippen LogP contribution is -2.46. The highest BCUT2D eigenvalue weighted by molar-refractivity contribution is 6.30. The molecule has 0 saturated carbocycles. The Morgan fingerprint density at radius 1 is 1.18 bits per heavy atom. The van der Waals surface area contributed by atoms with Gasteiger partial charge in [-0.05, 0) is 44.5 Å². The second-order valence-electron chi connectivity index (χ2n) is 5.39. The summed E-state index contributed by atoms with van der Waals surface area (Å²) in [7, 11) is 0. The molecule has 0 aliphatic carbocycles. The number of ether oxygens (including phenoxy) is 1. The van der Waals surface area contributed by atoms with E-state index in [1.54, 1.807) is 38.1 Å². The van der Waals surface area contributed by atoms with E-state index in [1.807, 2.05) is 6.92 Å². The van der Waals surface area contributed by atoms with Gasteiger partial charge in [0, 0.05) is 17.3 Å². The van der Waals surface area contributed by atoms with Crippen molar-refractivity contribution in [3.8, 4) is 0 Å². The van der Waals surface area contributed by atoms with E-state index >= 15 is 0 Å². The number of carbonyl (C=O) groups is 2. The first-order valence-electron chi connectivity index (χ1n) is 7.09. The van der Waals surface area contributed by atoms with Gasteiger partial charge < -0.3 is 15.4 Å². The molecule has 0 aromatic heterocycles. The fourth-order valence-electron chi connectivity index (χ4n) is 1.56. The lowest BCUT2D eigenvalue weighted by atomic mass is 10.1. The minimum absolute atomic E-state index is 0.205. The molecule has 0 heterocycles. The smallest absolute Gasteiger partial charge is 0.412 e. The molecule has 0 bridgehead atoms. The molecule has 0 spiro atoms. The fourth-order valence-corrected chi connectivity index (χ4v) is 1.68. The summed E-state index contributed by atoms with van der Waals surface area (Å²) in [6.45, 7) is 6.21. The Labute approximate surface area is 135 Å². The summed E-state index contributed by atoms with van der Waals surface area (Å²) in [5, 5.41) is 8.53. The molecular formula is C15H22ClN3O3. The van der Waals surface area contributed by atoms with Crippen LogP contribution in [0, 0.1) is 0 Å². The summed E-state index contributed by atoms with van der Waals surface area (Å²) in [5.41, 5.74) is -0.251. The molecule has 0 aliphatic heterocycles. The Kier molecular flexibility index (Phi) is 6.98. The third-order valence-corrected chi connectivity index (χ3v) is 2.92. The summed E-state index contributed by atoms with van der Waals surface area (Å²) in [5.74, 6) is 0. The number of rotatable bonds is 6. The molecule has 7 heteroatoms. The van der Waals surface area contributed by atoms with Crippen LogP contribution in [0.1, 0.15) is 27.2 Å². The van der Waals surface area contributed by atoms with Crippen molar-refractivity contribution in [2.24, 2.45) is 0 Å². The van der Waals surface area contributed by atoms with Crippen LogP contribution in [0.4, 0.5) is 15.3 Å². The fraction of sp³-hybridized carbons (Fsp3) is 0.467. The van der Waals surface area contributed by atoms with Crippen LogP contribution in [0.5, 0.6) is 0 Å². The monoisotopic (exact) mass is 327 g/mol. The van der Waals surface area contributed by atoms with Gasteiger partial charge in [-0.3, -0.25) is 5.32 Å². The van der Waals surface area contributed by atoms with E-state index in [1.165, 1.54) is 0 Å². The summed E-state index contributed by atoms with van der Waals surface area (Å²) < 4.78 is 5.30. The van der Waals surface area contributed by atoms with Crippen molar-refractivity contribution in [1.82, 2.24) is 10.6 Å². The normalized spacial score (nSPS) is 10.7. The molecular weight excluding hydrogens is 306 g/mol. The standard InChI is InChI=1S/C15H22ClN3O3/c1-4-9-17-13(20)18-10-15(2,3)22-14(21)19-12-7-5-11(16)6-8-12/h5-8H,4,9-10H2,1-3H3,(H,19,21)(H2,17,18,20). The molecule has 0 unspecified atom stereocenters. The van der Waals surface area contributed by atoms with Crippen LogP contribution in [0.25, 0.3) is 0 Å². The van der Waals surface area contributed by atoms with Crippen molar-refractivity contribution < 1.29 is 14.3 Å². The van der Waals surface area contributed by atoms with Gasteiger partial charge in [0.2, 0.25) is 0 Å². The number of nitrogens with one attached hydrogen (secondary N) is 3. The Hall–Kier alpha value is -1.95. The molecule has 0 fully saturated rings. The van der Waals surface area contributed by atoms with Gasteiger partial charge in [-0.25, -0.2) is 9.59 Å². The number of hydrogen-bond donors (Lipinski definition) is 3. The number of urea groups is 1. The van der Waals surface area contributed by atoms with Crippen LogP contribution >= 0.6 is 11.6 Å². The predicted octanol–water partition coefficient (Wildman–Crippen LogP) is 3.38. The van der Waals surface area contributed by atoms with E-state index in [9.17, 15) is 9.59 Å². The highest BCUT2D eigenvalue weighted by Crippen LogP contribution is 2.15. The molecule has 22 heavy (non-hydrogen) atoms. The lowest BCUT2D eigenvalue weighted by molar-refractivity contribution is 0.0507. The first kappa shape index (κ1) is 18.1. The van der Waals surface area contributed by atoms with Gasteiger partial charge >= 0.3 is 12.1 Å². The Morgan fingerprint density at radius 2 is 1.82 bits per heavy atom. The second-order valence-corrected chi connectivity index (χ2v) is 5.83. The van der Waals surface area contributed by atoms with Crippen molar-refractivity contribution in [2.45, 2.75) is 32.8 Å². The van der Waals surface area contributed by atoms with Crippen molar-refractivity contribution in [3.63, 3.8) is 0 Å². The van der Waals surface area contributed by atoms with Crippen molar-refractivity contribution in [1.29, 1.82) is 0 Å². The molecule has 1 aromatic carbocycles. The van der Waals surface area contributed by atoms with Crippen LogP contribution in [-0.2, 0) is 4.74 Å². The molecule has 1 rings (SSSR count). The van der Waals surface area contributed by atoms with Gasteiger partial charge in [-0.15, -0.1) is 0 Å². The largest absolute Gasteiger partial charge is 0.441 e. The number of halogens is 1. The zero-order valence-electron chi connectivity index (χ0n) is 13.0. The molecule has 0 radical (unpaired) electrons. The highest BCUT2D eigenvalue weighted by atomic mass is 35.5. The first-order valence-corrected chi connectivity index (χ1v) is 7.47. The van der Waals surface area contributed by atoms with Crippen LogP contribution < -0.4 is 16.0 Å². The molecule has 3 N–H and O–H groups in total. The van der Waals surface area contributed by atoms with Gasteiger partial charge in [-0.1, -0.05) is 18.5 Å². The Bertz CT molecular complexity index is 503. The van der Waals surface area contributed by atoms with Crippen LogP contribution in [-0.4, -0.2) is 30.8 Å². The van der Waals surface area contributed by atoms with Gasteiger partial charge in [0.15, 0.2) is 0 Å². The van der Waals surface area contributed by atoms with Crippen LogP contribution in [0.2, 0.25) is 5.02 Å². The second kappa shape index (κ2) is 8.48. The van der Waals surface area contributed by atoms with Gasteiger partial charge in [0.25, 0.3) is 0 Å². The van der Waals surface area contributed by atoms with Crippen molar-refractivity contribution in [3.05, 3.63) is 29.3 Å². The minimum Gasteiger partial charge on any atom is -0.441 e. The SMILES string of the molecule is CCCNC(=O)NCC(C)(C)OC(=O)Nc1ccc(Cl)cc1.